The summed E-state index contributed by atoms with van der Waals surface area (Å²) >= 11 is 0. The Bertz CT molecular complexity index is 2330. The number of anilines is 4. The van der Waals surface area contributed by atoms with Crippen molar-refractivity contribution in [3.63, 3.8) is 0 Å². The highest BCUT2D eigenvalue weighted by Gasteiger charge is 2.45. The number of hydrogen-bond donors (Lipinski definition) is 5. The summed E-state index contributed by atoms with van der Waals surface area (Å²) in [7, 11) is 0. The maximum Gasteiger partial charge on any atom is 0.321 e. The maximum atomic E-state index is 15.5. The van der Waals surface area contributed by atoms with Crippen LogP contribution in [0.4, 0.5) is 32.2 Å². The van der Waals surface area contributed by atoms with Gasteiger partial charge < -0.3 is 30.9 Å². The van der Waals surface area contributed by atoms with Crippen LogP contribution in [-0.4, -0.2) is 128 Å². The standard InChI is InChI=1S/C43H52FN11O6/c1-4-27(24-56)47-36-21-37(55-39(49-36)32(23-46-55)25(2)3)45-22-26-5-7-28(8-6-26)48-43(61)53-13-11-29(12-14-53)51-15-17-52(18-16-51)35-20-31-30(19-33(35)44)41(59)54(42(31)60)34-9-10-38(57)50-40(34)58/h5-8,19-21,23,25,27,29,34,45,56H,4,9-18,22,24H2,1-3H3,(H,47,49)(H,48,61)(H,50,57,58)/t27-,34?/m0/s1. The Kier molecular flexibility index (Phi) is 11.9. The first-order chi connectivity index (χ1) is 29.4. The molecule has 4 aliphatic rings. The van der Waals surface area contributed by atoms with Gasteiger partial charge in [0.05, 0.1) is 35.7 Å². The van der Waals surface area contributed by atoms with E-state index in [9.17, 15) is 29.1 Å². The third-order valence-corrected chi connectivity index (χ3v) is 12.3. The molecule has 3 saturated heterocycles. The molecule has 2 aromatic heterocycles. The number of piperidine rings is 2. The third-order valence-electron chi connectivity index (χ3n) is 12.3. The number of amides is 6. The predicted molar refractivity (Wildman–Crippen MR) is 226 cm³/mol. The van der Waals surface area contributed by atoms with Gasteiger partial charge in [-0.25, -0.2) is 14.2 Å². The van der Waals surface area contributed by atoms with E-state index < -0.39 is 35.5 Å². The lowest BCUT2D eigenvalue weighted by molar-refractivity contribution is -0.136. The molecule has 0 saturated carbocycles. The number of halogens is 1. The van der Waals surface area contributed by atoms with Gasteiger partial charge >= 0.3 is 6.03 Å². The van der Waals surface area contributed by atoms with Gasteiger partial charge in [-0.2, -0.15) is 9.61 Å². The minimum Gasteiger partial charge on any atom is -0.394 e. The Balaban J connectivity index is 0.813. The number of fused-ring (bicyclic) bond motifs is 2. The van der Waals surface area contributed by atoms with Gasteiger partial charge in [0.25, 0.3) is 11.8 Å². The van der Waals surface area contributed by atoms with Gasteiger partial charge in [0.1, 0.15) is 23.5 Å². The quantitative estimate of drug-likeness (QED) is 0.129. The number of urea groups is 1. The summed E-state index contributed by atoms with van der Waals surface area (Å²) in [5.74, 6) is -1.53. The molecule has 3 fully saturated rings. The molecule has 61 heavy (non-hydrogen) atoms. The van der Waals surface area contributed by atoms with Crippen molar-refractivity contribution in [2.45, 2.75) is 83.5 Å². The molecule has 6 heterocycles. The van der Waals surface area contributed by atoms with E-state index in [-0.39, 0.29) is 60.3 Å². The number of aliphatic hydroxyl groups excluding tert-OH is 1. The number of nitrogens with one attached hydrogen (secondary N) is 4. The van der Waals surface area contributed by atoms with Gasteiger partial charge in [0, 0.05) is 75.6 Å². The number of benzene rings is 2. The molecule has 0 spiro atoms. The molecule has 2 aromatic carbocycles. The maximum absolute atomic E-state index is 15.5. The average molecular weight is 838 g/mol. The number of carbonyl (C=O) groups excluding carboxylic acids is 5. The topological polar surface area (TPSA) is 197 Å². The van der Waals surface area contributed by atoms with E-state index in [2.05, 4.69) is 45.1 Å². The van der Waals surface area contributed by atoms with E-state index >= 15 is 4.39 Å². The molecular formula is C43H52FN11O6. The monoisotopic (exact) mass is 837 g/mol. The van der Waals surface area contributed by atoms with Crippen molar-refractivity contribution in [1.82, 2.24) is 34.6 Å². The number of aliphatic hydroxyl groups is 1. The molecule has 17 nitrogen and oxygen atoms in total. The molecule has 4 aromatic rings. The summed E-state index contributed by atoms with van der Waals surface area (Å²) in [6, 6.07) is 11.0. The Morgan fingerprint density at radius 1 is 0.951 bits per heavy atom. The zero-order chi connectivity index (χ0) is 42.9. The highest BCUT2D eigenvalue weighted by Crippen LogP contribution is 2.34. The van der Waals surface area contributed by atoms with Crippen molar-refractivity contribution >= 4 is 58.3 Å². The van der Waals surface area contributed by atoms with Gasteiger partial charge in [-0.3, -0.25) is 34.3 Å². The van der Waals surface area contributed by atoms with Crippen LogP contribution in [0.25, 0.3) is 5.65 Å². The number of rotatable bonds is 12. The molecule has 8 rings (SSSR count). The predicted octanol–water partition coefficient (Wildman–Crippen LogP) is 4.01. The van der Waals surface area contributed by atoms with E-state index in [0.717, 1.165) is 52.8 Å². The van der Waals surface area contributed by atoms with Crippen LogP contribution in [0.3, 0.4) is 0 Å². The van der Waals surface area contributed by atoms with Crippen molar-refractivity contribution in [3.05, 3.63) is 76.7 Å². The normalized spacial score (nSPS) is 19.4. The SMILES string of the molecule is CC[C@@H](CO)Nc1cc(NCc2ccc(NC(=O)N3CCC(N4CCN(c5cc6c(cc5F)C(=O)N(C5CCC(=O)NC5=O)C6=O)CC4)CC3)cc2)n2ncc(C(C)C)c2n1. The second kappa shape index (κ2) is 17.5. The molecule has 0 radical (unpaired) electrons. The van der Waals surface area contributed by atoms with Crippen LogP contribution in [0.5, 0.6) is 0 Å². The summed E-state index contributed by atoms with van der Waals surface area (Å²) in [6.07, 6.45) is 4.22. The van der Waals surface area contributed by atoms with E-state index in [4.69, 9.17) is 4.98 Å². The molecule has 322 valence electrons. The van der Waals surface area contributed by atoms with Crippen LogP contribution in [0.1, 0.15) is 90.6 Å². The Morgan fingerprint density at radius 3 is 2.31 bits per heavy atom. The highest BCUT2D eigenvalue weighted by atomic mass is 19.1. The van der Waals surface area contributed by atoms with E-state index in [1.807, 2.05) is 53.3 Å². The number of aromatic nitrogens is 3. The first-order valence-corrected chi connectivity index (χ1v) is 21.1. The van der Waals surface area contributed by atoms with Crippen molar-refractivity contribution in [2.75, 3.05) is 66.7 Å². The lowest BCUT2D eigenvalue weighted by Crippen LogP contribution is -2.54. The second-order valence-corrected chi connectivity index (χ2v) is 16.5. The third kappa shape index (κ3) is 8.46. The minimum atomic E-state index is -1.11. The van der Waals surface area contributed by atoms with Gasteiger partial charge in [0.15, 0.2) is 5.65 Å². The van der Waals surface area contributed by atoms with Crippen LogP contribution in [0.2, 0.25) is 0 Å². The molecule has 0 aliphatic carbocycles. The summed E-state index contributed by atoms with van der Waals surface area (Å²) in [4.78, 5) is 75.5. The number of piperazine rings is 1. The summed E-state index contributed by atoms with van der Waals surface area (Å²) in [6.45, 7) is 10.3. The average Bonchev–Trinajstić information content (AvgIpc) is 3.80. The van der Waals surface area contributed by atoms with Crippen molar-refractivity contribution < 1.29 is 33.5 Å². The number of likely N-dealkylation sites (tertiary alicyclic amines) is 1. The van der Waals surface area contributed by atoms with Crippen LogP contribution in [-0.2, 0) is 16.1 Å². The first-order valence-electron chi connectivity index (χ1n) is 21.1. The second-order valence-electron chi connectivity index (χ2n) is 16.5. The Morgan fingerprint density at radius 2 is 1.66 bits per heavy atom. The van der Waals surface area contributed by atoms with E-state index in [1.165, 1.54) is 6.07 Å². The van der Waals surface area contributed by atoms with E-state index in [1.54, 1.807) is 4.52 Å². The fourth-order valence-corrected chi connectivity index (χ4v) is 8.66. The molecule has 1 unspecified atom stereocenters. The van der Waals surface area contributed by atoms with Gasteiger partial charge in [0.2, 0.25) is 11.8 Å². The van der Waals surface area contributed by atoms with E-state index in [0.29, 0.717) is 57.3 Å². The molecule has 4 aliphatic heterocycles. The number of hydrogen-bond acceptors (Lipinski definition) is 12. The van der Waals surface area contributed by atoms with Crippen LogP contribution in [0, 0.1) is 5.82 Å². The Labute approximate surface area is 352 Å². The Hall–Kier alpha value is -6.14. The lowest BCUT2D eigenvalue weighted by atomic mass is 10.0. The smallest absolute Gasteiger partial charge is 0.321 e. The zero-order valence-corrected chi connectivity index (χ0v) is 34.6. The van der Waals surface area contributed by atoms with Crippen molar-refractivity contribution in [3.8, 4) is 0 Å². The molecule has 6 amide bonds. The van der Waals surface area contributed by atoms with Crippen molar-refractivity contribution in [2.24, 2.45) is 0 Å². The number of imide groups is 2. The summed E-state index contributed by atoms with van der Waals surface area (Å²) in [5.41, 5.74) is 3.70. The van der Waals surface area contributed by atoms with Crippen molar-refractivity contribution in [1.29, 1.82) is 0 Å². The molecule has 2 atom stereocenters. The molecule has 18 heteroatoms. The molecule has 5 N–H and O–H groups in total. The highest BCUT2D eigenvalue weighted by molar-refractivity contribution is 6.23. The molecular weight excluding hydrogens is 786 g/mol. The number of nitrogens with zero attached hydrogens (tertiary/aromatic N) is 7. The zero-order valence-electron chi connectivity index (χ0n) is 34.6. The number of carbonyl (C=O) groups is 5. The summed E-state index contributed by atoms with van der Waals surface area (Å²) in [5, 5.41) is 26.4. The fraction of sp³-hybridized carbons (Fsp3) is 0.465. The van der Waals surface area contributed by atoms with Crippen LogP contribution >= 0.6 is 0 Å². The van der Waals surface area contributed by atoms with Gasteiger partial charge in [-0.05, 0) is 61.4 Å². The van der Waals surface area contributed by atoms with Gasteiger partial charge in [-0.15, -0.1) is 0 Å². The molecule has 0 bridgehead atoms. The lowest BCUT2D eigenvalue weighted by Gasteiger charge is -2.43. The summed E-state index contributed by atoms with van der Waals surface area (Å²) < 4.78 is 17.3. The first kappa shape index (κ1) is 41.6. The van der Waals surface area contributed by atoms with Crippen LogP contribution < -0.4 is 26.2 Å². The largest absolute Gasteiger partial charge is 0.394 e. The van der Waals surface area contributed by atoms with Crippen LogP contribution in [0.15, 0.2) is 48.7 Å². The minimum absolute atomic E-state index is 0.00115. The fourth-order valence-electron chi connectivity index (χ4n) is 8.66. The van der Waals surface area contributed by atoms with Gasteiger partial charge in [-0.1, -0.05) is 32.9 Å².